The van der Waals surface area contributed by atoms with Crippen molar-refractivity contribution in [3.8, 4) is 0 Å². The van der Waals surface area contributed by atoms with Gasteiger partial charge in [-0.05, 0) is 0 Å². The molecule has 0 aromatic heterocycles. The number of rotatable bonds is 2. The van der Waals surface area contributed by atoms with Crippen molar-refractivity contribution in [2.45, 2.75) is 0 Å². The van der Waals surface area contributed by atoms with Gasteiger partial charge in [-0.2, -0.15) is 0 Å². The van der Waals surface area contributed by atoms with Crippen LogP contribution in [-0.2, 0) is 0 Å². The maximum atomic E-state index is 11.7. The third-order valence-corrected chi connectivity index (χ3v) is 2.73. The zero-order valence-corrected chi connectivity index (χ0v) is 10.9. The van der Waals surface area contributed by atoms with Gasteiger partial charge in [-0.3, -0.25) is 0 Å². The number of benzene rings is 2. The van der Waals surface area contributed by atoms with Crippen LogP contribution in [0.15, 0.2) is 60.7 Å². The Morgan fingerprint density at radius 3 is 1.50 bits per heavy atom. The van der Waals surface area contributed by atoms with Gasteiger partial charge in [0, 0.05) is 0 Å². The molecule has 79 valence electrons. The van der Waals surface area contributed by atoms with Gasteiger partial charge in [0.2, 0.25) is 0 Å². The van der Waals surface area contributed by atoms with E-state index in [1.165, 1.54) is 22.3 Å². The summed E-state index contributed by atoms with van der Waals surface area (Å²) in [6, 6.07) is 19.3. The third-order valence-electron chi connectivity index (χ3n) is 2.21. The quantitative estimate of drug-likeness (QED) is 0.778. The van der Waals surface area contributed by atoms with Crippen molar-refractivity contribution in [1.29, 1.82) is 0 Å². The normalized spacial score (nSPS) is 9.75. The second kappa shape index (κ2) is 5.16. The van der Waals surface area contributed by atoms with Gasteiger partial charge in [-0.25, -0.2) is 0 Å². The van der Waals surface area contributed by atoms with Crippen molar-refractivity contribution in [3.05, 3.63) is 60.7 Å². The summed E-state index contributed by atoms with van der Waals surface area (Å²) < 4.78 is 0.0215. The molecule has 1 amide bonds. The Balaban J connectivity index is 2.44. The van der Waals surface area contributed by atoms with E-state index in [0.717, 1.165) is 11.4 Å². The summed E-state index contributed by atoms with van der Waals surface area (Å²) in [7, 11) is 0. The molecule has 2 rings (SSSR count). The molecule has 0 bridgehead atoms. The number of nitrogens with zero attached hydrogens (tertiary/aromatic N) is 1. The second-order valence-corrected chi connectivity index (χ2v) is 4.27. The number of amides is 1. The van der Waals surface area contributed by atoms with Crippen LogP contribution in [-0.4, -0.2) is 26.2 Å². The zero-order valence-electron chi connectivity index (χ0n) is 8.54. The molecule has 0 aliphatic carbocycles. The van der Waals surface area contributed by atoms with Gasteiger partial charge in [0.05, 0.1) is 0 Å². The van der Waals surface area contributed by atoms with Crippen LogP contribution in [0.1, 0.15) is 0 Å². The van der Waals surface area contributed by atoms with Crippen molar-refractivity contribution in [1.82, 2.24) is 0 Å². The maximum absolute atomic E-state index is 11.7. The van der Waals surface area contributed by atoms with Crippen molar-refractivity contribution >= 4 is 37.6 Å². The zero-order chi connectivity index (χ0) is 11.4. The van der Waals surface area contributed by atoms with E-state index < -0.39 is 0 Å². The molecular formula is C13H10NOTe. The molecule has 0 heterocycles. The van der Waals surface area contributed by atoms with E-state index in [2.05, 4.69) is 0 Å². The molecule has 0 atom stereocenters. The second-order valence-electron chi connectivity index (χ2n) is 3.27. The summed E-state index contributed by atoms with van der Waals surface area (Å²) >= 11 is 1.49. The first kappa shape index (κ1) is 11.2. The van der Waals surface area contributed by atoms with Crippen LogP contribution in [0.2, 0.25) is 0 Å². The van der Waals surface area contributed by atoms with Gasteiger partial charge in [0.25, 0.3) is 0 Å². The van der Waals surface area contributed by atoms with Crippen molar-refractivity contribution in [2.75, 3.05) is 4.90 Å². The van der Waals surface area contributed by atoms with Crippen molar-refractivity contribution < 1.29 is 4.79 Å². The van der Waals surface area contributed by atoms with E-state index in [9.17, 15) is 4.79 Å². The first-order valence-electron chi connectivity index (χ1n) is 4.90. The standard InChI is InChI=1S/C13H10NOTe/c15-13(16)14(11-7-3-1-4-8-11)12-9-5-2-6-10-12/h1-10H. The van der Waals surface area contributed by atoms with Gasteiger partial charge in [0.15, 0.2) is 0 Å². The van der Waals surface area contributed by atoms with E-state index in [-0.39, 0.29) is 3.96 Å². The number of hydrogen-bond acceptors (Lipinski definition) is 1. The fourth-order valence-electron chi connectivity index (χ4n) is 1.51. The third kappa shape index (κ3) is 2.44. The summed E-state index contributed by atoms with van der Waals surface area (Å²) in [5, 5.41) is 0. The molecule has 1 radical (unpaired) electrons. The number of anilines is 2. The first-order chi connectivity index (χ1) is 7.79. The van der Waals surface area contributed by atoms with Crippen LogP contribution >= 0.6 is 0 Å². The van der Waals surface area contributed by atoms with Crippen LogP contribution in [0, 0.1) is 0 Å². The van der Waals surface area contributed by atoms with Gasteiger partial charge in [0.1, 0.15) is 0 Å². The molecule has 0 saturated carbocycles. The first-order valence-corrected chi connectivity index (χ1v) is 6.07. The number of hydrogen-bond donors (Lipinski definition) is 0. The number of carbonyl (C=O) groups excluding carboxylic acids is 1. The Labute approximate surface area is 108 Å². The van der Waals surface area contributed by atoms with Crippen molar-refractivity contribution in [3.63, 3.8) is 0 Å². The molecule has 0 N–H and O–H groups in total. The predicted octanol–water partition coefficient (Wildman–Crippen LogP) is 3.11. The average molecular weight is 324 g/mol. The predicted molar refractivity (Wildman–Crippen MR) is 66.2 cm³/mol. The Hall–Kier alpha value is -1.30. The van der Waals surface area contributed by atoms with Crippen LogP contribution in [0.3, 0.4) is 0 Å². The van der Waals surface area contributed by atoms with Crippen LogP contribution in [0.5, 0.6) is 0 Å². The molecule has 3 heteroatoms. The van der Waals surface area contributed by atoms with E-state index in [1.54, 1.807) is 4.90 Å². The number of para-hydroxylation sites is 2. The summed E-state index contributed by atoms with van der Waals surface area (Å²) in [6.45, 7) is 0. The van der Waals surface area contributed by atoms with Crippen LogP contribution < -0.4 is 4.90 Å². The van der Waals surface area contributed by atoms with E-state index >= 15 is 0 Å². The molecule has 0 saturated heterocycles. The SMILES string of the molecule is O=C([Te])N(c1ccccc1)c1ccccc1. The fraction of sp³-hybridized carbons (Fsp3) is 0. The Morgan fingerprint density at radius 1 is 0.812 bits per heavy atom. The van der Waals surface area contributed by atoms with Crippen LogP contribution in [0.25, 0.3) is 0 Å². The minimum atomic E-state index is 0.0215. The molecule has 0 aliphatic rings. The van der Waals surface area contributed by atoms with E-state index in [4.69, 9.17) is 0 Å². The molecule has 16 heavy (non-hydrogen) atoms. The molecule has 2 aromatic carbocycles. The van der Waals surface area contributed by atoms with Gasteiger partial charge >= 0.3 is 108 Å². The molecule has 0 fully saturated rings. The average Bonchev–Trinajstić information content (AvgIpc) is 2.31. The molecule has 0 unspecified atom stereocenters. The van der Waals surface area contributed by atoms with Gasteiger partial charge < -0.3 is 0 Å². The number of carbonyl (C=O) groups is 1. The van der Waals surface area contributed by atoms with E-state index in [1.807, 2.05) is 60.7 Å². The Morgan fingerprint density at radius 2 is 1.19 bits per heavy atom. The Bertz CT molecular complexity index is 430. The van der Waals surface area contributed by atoms with Gasteiger partial charge in [-0.15, -0.1) is 0 Å². The molecule has 0 spiro atoms. The molecular weight excluding hydrogens is 314 g/mol. The fourth-order valence-corrected chi connectivity index (χ4v) is 2.12. The summed E-state index contributed by atoms with van der Waals surface area (Å²) in [4.78, 5) is 13.4. The topological polar surface area (TPSA) is 20.3 Å². The summed E-state index contributed by atoms with van der Waals surface area (Å²) in [5.41, 5.74) is 1.79. The molecule has 0 aliphatic heterocycles. The molecule has 2 nitrogen and oxygen atoms in total. The summed E-state index contributed by atoms with van der Waals surface area (Å²) in [6.07, 6.45) is 0. The Kier molecular flexibility index (Phi) is 3.61. The van der Waals surface area contributed by atoms with Crippen molar-refractivity contribution in [2.24, 2.45) is 0 Å². The monoisotopic (exact) mass is 326 g/mol. The minimum absolute atomic E-state index is 0.0215. The molecule has 2 aromatic rings. The van der Waals surface area contributed by atoms with Gasteiger partial charge in [-0.1, -0.05) is 0 Å². The van der Waals surface area contributed by atoms with Crippen LogP contribution in [0.4, 0.5) is 16.2 Å². The van der Waals surface area contributed by atoms with E-state index in [0.29, 0.717) is 0 Å². The summed E-state index contributed by atoms with van der Waals surface area (Å²) in [5.74, 6) is 0.